The lowest BCUT2D eigenvalue weighted by molar-refractivity contribution is -0.116. The largest absolute Gasteiger partial charge is 0.363 e. The van der Waals surface area contributed by atoms with Crippen LogP contribution in [0.4, 0.5) is 17.1 Å². The second-order valence-corrected chi connectivity index (χ2v) is 4.91. The van der Waals surface area contributed by atoms with Crippen LogP contribution in [0.1, 0.15) is 18.2 Å². The van der Waals surface area contributed by atoms with E-state index in [1.54, 1.807) is 6.92 Å². The van der Waals surface area contributed by atoms with Gasteiger partial charge in [0.25, 0.3) is 0 Å². The van der Waals surface area contributed by atoms with E-state index in [0.29, 0.717) is 0 Å². The molecule has 1 aromatic carbocycles. The van der Waals surface area contributed by atoms with Crippen molar-refractivity contribution in [2.24, 2.45) is 0 Å². The third-order valence-electron chi connectivity index (χ3n) is 3.59. The summed E-state index contributed by atoms with van der Waals surface area (Å²) in [4.78, 5) is 16.6. The number of carbonyl (C=O) groups excluding carboxylic acids is 1. The van der Waals surface area contributed by atoms with Gasteiger partial charge >= 0.3 is 0 Å². The van der Waals surface area contributed by atoms with Gasteiger partial charge < -0.3 is 15.2 Å². The maximum absolute atomic E-state index is 11.6. The van der Waals surface area contributed by atoms with Crippen molar-refractivity contribution in [1.82, 2.24) is 4.98 Å². The maximum atomic E-state index is 11.6. The molecule has 0 saturated carbocycles. The highest BCUT2D eigenvalue weighted by Gasteiger charge is 2.22. The number of amides is 1. The number of nitrogens with one attached hydrogen (secondary N) is 2. The second kappa shape index (κ2) is 4.46. The van der Waals surface area contributed by atoms with Crippen molar-refractivity contribution in [1.29, 1.82) is 0 Å². The number of H-pyrrole nitrogens is 1. The van der Waals surface area contributed by atoms with Crippen LogP contribution in [-0.2, 0) is 11.2 Å². The summed E-state index contributed by atoms with van der Waals surface area (Å²) < 4.78 is 0. The first-order valence-electron chi connectivity index (χ1n) is 6.47. The molecule has 2 heterocycles. The molecule has 0 spiro atoms. The predicted molar refractivity (Wildman–Crippen MR) is 77.0 cm³/mol. The molecule has 0 atom stereocenters. The zero-order chi connectivity index (χ0) is 13.4. The summed E-state index contributed by atoms with van der Waals surface area (Å²) >= 11 is 0. The highest BCUT2D eigenvalue weighted by Crippen LogP contribution is 2.32. The van der Waals surface area contributed by atoms with Gasteiger partial charge in [-0.3, -0.25) is 4.79 Å². The number of fused-ring (bicyclic) bond motifs is 1. The number of aromatic amines is 1. The molecule has 98 valence electrons. The van der Waals surface area contributed by atoms with Gasteiger partial charge in [-0.25, -0.2) is 0 Å². The molecule has 1 aliphatic heterocycles. The molecular weight excluding hydrogens is 238 g/mol. The van der Waals surface area contributed by atoms with Gasteiger partial charge in [-0.15, -0.1) is 0 Å². The van der Waals surface area contributed by atoms with Gasteiger partial charge in [0.15, 0.2) is 0 Å². The van der Waals surface area contributed by atoms with Crippen molar-refractivity contribution in [3.63, 3.8) is 0 Å². The highest BCUT2D eigenvalue weighted by molar-refractivity contribution is 5.94. The predicted octanol–water partition coefficient (Wildman–Crippen LogP) is 2.98. The van der Waals surface area contributed by atoms with E-state index in [1.807, 2.05) is 24.1 Å². The Labute approximate surface area is 112 Å². The quantitative estimate of drug-likeness (QED) is 0.866. The maximum Gasteiger partial charge on any atom is 0.223 e. The van der Waals surface area contributed by atoms with Gasteiger partial charge in [-0.2, -0.15) is 0 Å². The molecule has 19 heavy (non-hydrogen) atoms. The topological polar surface area (TPSA) is 48.1 Å². The number of benzene rings is 1. The SMILES string of the molecule is CC(=O)N1CCc2ccc(Nc3cc[nH]c3C)cc21. The molecule has 2 aromatic rings. The monoisotopic (exact) mass is 255 g/mol. The third-order valence-corrected chi connectivity index (χ3v) is 3.59. The molecule has 1 aliphatic rings. The Hall–Kier alpha value is -2.23. The van der Waals surface area contributed by atoms with Crippen LogP contribution in [0.2, 0.25) is 0 Å². The number of aryl methyl sites for hydroxylation is 1. The van der Waals surface area contributed by atoms with Crippen LogP contribution >= 0.6 is 0 Å². The Kier molecular flexibility index (Phi) is 2.78. The first-order valence-corrected chi connectivity index (χ1v) is 6.47. The van der Waals surface area contributed by atoms with Crippen LogP contribution < -0.4 is 10.2 Å². The Morgan fingerprint density at radius 1 is 1.37 bits per heavy atom. The summed E-state index contributed by atoms with van der Waals surface area (Å²) in [6, 6.07) is 8.22. The van der Waals surface area contributed by atoms with Gasteiger partial charge in [0.2, 0.25) is 5.91 Å². The molecule has 1 amide bonds. The Balaban J connectivity index is 1.91. The van der Waals surface area contributed by atoms with E-state index in [9.17, 15) is 4.79 Å². The van der Waals surface area contributed by atoms with Gasteiger partial charge in [0.05, 0.1) is 5.69 Å². The van der Waals surface area contributed by atoms with Crippen LogP contribution in [0.15, 0.2) is 30.5 Å². The molecule has 0 saturated heterocycles. The highest BCUT2D eigenvalue weighted by atomic mass is 16.2. The minimum absolute atomic E-state index is 0.105. The lowest BCUT2D eigenvalue weighted by Gasteiger charge is -2.16. The molecule has 0 aliphatic carbocycles. The zero-order valence-electron chi connectivity index (χ0n) is 11.2. The van der Waals surface area contributed by atoms with Crippen molar-refractivity contribution >= 4 is 23.0 Å². The summed E-state index contributed by atoms with van der Waals surface area (Å²) in [5.74, 6) is 0.105. The van der Waals surface area contributed by atoms with Crippen molar-refractivity contribution in [3.8, 4) is 0 Å². The van der Waals surface area contributed by atoms with Crippen LogP contribution in [0, 0.1) is 6.92 Å². The first-order chi connectivity index (χ1) is 9.15. The van der Waals surface area contributed by atoms with Crippen LogP contribution in [0.25, 0.3) is 0 Å². The number of hydrogen-bond donors (Lipinski definition) is 2. The number of rotatable bonds is 2. The summed E-state index contributed by atoms with van der Waals surface area (Å²) in [5.41, 5.74) is 5.45. The zero-order valence-corrected chi connectivity index (χ0v) is 11.2. The minimum Gasteiger partial charge on any atom is -0.363 e. The molecule has 0 unspecified atom stereocenters. The number of carbonyl (C=O) groups is 1. The van der Waals surface area contributed by atoms with Crippen molar-refractivity contribution in [2.75, 3.05) is 16.8 Å². The molecular formula is C15H17N3O. The van der Waals surface area contributed by atoms with Gasteiger partial charge in [-0.05, 0) is 37.1 Å². The number of anilines is 3. The van der Waals surface area contributed by atoms with E-state index < -0.39 is 0 Å². The minimum atomic E-state index is 0.105. The summed E-state index contributed by atoms with van der Waals surface area (Å²) in [5, 5.41) is 3.37. The van der Waals surface area contributed by atoms with Crippen molar-refractivity contribution in [3.05, 3.63) is 41.7 Å². The lowest BCUT2D eigenvalue weighted by Crippen LogP contribution is -2.25. The molecule has 1 aromatic heterocycles. The molecule has 0 fully saturated rings. The molecule has 3 rings (SSSR count). The van der Waals surface area contributed by atoms with E-state index in [2.05, 4.69) is 28.5 Å². The third kappa shape index (κ3) is 2.10. The van der Waals surface area contributed by atoms with Crippen LogP contribution in [0.5, 0.6) is 0 Å². The van der Waals surface area contributed by atoms with E-state index in [4.69, 9.17) is 0 Å². The standard InChI is InChI=1S/C15H17N3O/c1-10-14(5-7-16-10)17-13-4-3-12-6-8-18(11(2)19)15(12)9-13/h3-5,7,9,16-17H,6,8H2,1-2H3. The Morgan fingerprint density at radius 3 is 2.89 bits per heavy atom. The van der Waals surface area contributed by atoms with Gasteiger partial charge in [0.1, 0.15) is 0 Å². The molecule has 0 radical (unpaired) electrons. The average Bonchev–Trinajstić information content (AvgIpc) is 2.96. The average molecular weight is 255 g/mol. The van der Waals surface area contributed by atoms with Gasteiger partial charge in [-0.1, -0.05) is 6.07 Å². The Bertz CT molecular complexity index is 630. The van der Waals surface area contributed by atoms with Crippen LogP contribution in [0.3, 0.4) is 0 Å². The number of aromatic nitrogens is 1. The van der Waals surface area contributed by atoms with Crippen molar-refractivity contribution in [2.45, 2.75) is 20.3 Å². The summed E-state index contributed by atoms with van der Waals surface area (Å²) in [6.07, 6.45) is 2.85. The van der Waals surface area contributed by atoms with E-state index in [-0.39, 0.29) is 5.91 Å². The van der Waals surface area contributed by atoms with E-state index in [0.717, 1.165) is 35.7 Å². The molecule has 4 heteroatoms. The van der Waals surface area contributed by atoms with E-state index in [1.165, 1.54) is 5.56 Å². The fourth-order valence-corrected chi connectivity index (χ4v) is 2.53. The summed E-state index contributed by atoms with van der Waals surface area (Å²) in [7, 11) is 0. The smallest absolute Gasteiger partial charge is 0.223 e. The van der Waals surface area contributed by atoms with E-state index >= 15 is 0 Å². The van der Waals surface area contributed by atoms with Crippen molar-refractivity contribution < 1.29 is 4.79 Å². The molecule has 4 nitrogen and oxygen atoms in total. The normalized spacial score (nSPS) is 13.5. The number of hydrogen-bond acceptors (Lipinski definition) is 2. The molecule has 2 N–H and O–H groups in total. The lowest BCUT2D eigenvalue weighted by atomic mass is 10.1. The van der Waals surface area contributed by atoms with Gasteiger partial charge in [0, 0.05) is 36.7 Å². The summed E-state index contributed by atoms with van der Waals surface area (Å²) in [6.45, 7) is 4.43. The fourth-order valence-electron chi connectivity index (χ4n) is 2.53. The fraction of sp³-hybridized carbons (Fsp3) is 0.267. The van der Waals surface area contributed by atoms with Crippen LogP contribution in [-0.4, -0.2) is 17.4 Å². The second-order valence-electron chi connectivity index (χ2n) is 4.91. The number of nitrogens with zero attached hydrogens (tertiary/aromatic N) is 1. The first kappa shape index (κ1) is 11.8. The Morgan fingerprint density at radius 2 is 2.21 bits per heavy atom. The molecule has 0 bridgehead atoms.